The quantitative estimate of drug-likeness (QED) is 0.317. The van der Waals surface area contributed by atoms with Crippen LogP contribution in [0, 0.1) is 0 Å². The molecule has 0 saturated carbocycles. The third-order valence-electron chi connectivity index (χ3n) is 4.56. The highest BCUT2D eigenvalue weighted by atomic mass is 31.0. The molecule has 0 nitrogen and oxygen atoms in total. The summed E-state index contributed by atoms with van der Waals surface area (Å²) in [6.45, 7) is 6.93. The van der Waals surface area contributed by atoms with Crippen LogP contribution in [0.3, 0.4) is 0 Å². The van der Waals surface area contributed by atoms with E-state index < -0.39 is 0 Å². The number of benzene rings is 3. The lowest BCUT2D eigenvalue weighted by Crippen LogP contribution is -2.09. The molecule has 1 heteroatoms. The van der Waals surface area contributed by atoms with E-state index in [-0.39, 0.29) is 5.41 Å². The van der Waals surface area contributed by atoms with E-state index in [1.807, 2.05) is 0 Å². The molecule has 4 rings (SSSR count). The minimum absolute atomic E-state index is 0.163. The van der Waals surface area contributed by atoms with Crippen LogP contribution in [0.15, 0.2) is 72.8 Å². The van der Waals surface area contributed by atoms with Gasteiger partial charge in [-0.05, 0) is 44.1 Å². The molecule has 1 aromatic heterocycles. The molecule has 0 unspecified atom stereocenters. The van der Waals surface area contributed by atoms with Gasteiger partial charge in [0.25, 0.3) is 0 Å². The SMILES string of the molecule is CC(C)(C)c1cc(-c2ccccc2)c2ccc3ccccc3c2p1. The average molecular weight is 328 g/mol. The summed E-state index contributed by atoms with van der Waals surface area (Å²) in [4.78, 5) is 0. The molecule has 0 spiro atoms. The lowest BCUT2D eigenvalue weighted by molar-refractivity contribution is 0.604. The van der Waals surface area contributed by atoms with Crippen LogP contribution in [0.25, 0.3) is 32.4 Å². The maximum Gasteiger partial charge on any atom is 0.0178 e. The van der Waals surface area contributed by atoms with Crippen LogP contribution in [0.1, 0.15) is 26.1 Å². The monoisotopic (exact) mass is 328 g/mol. The molecule has 118 valence electrons. The summed E-state index contributed by atoms with van der Waals surface area (Å²) in [5, 5.41) is 6.99. The Labute approximate surface area is 145 Å². The molecule has 0 aliphatic rings. The van der Waals surface area contributed by atoms with Crippen molar-refractivity contribution < 1.29 is 0 Å². The van der Waals surface area contributed by atoms with E-state index in [2.05, 4.69) is 93.6 Å². The van der Waals surface area contributed by atoms with Gasteiger partial charge in [0.15, 0.2) is 0 Å². The Balaban J connectivity index is 2.16. The second-order valence-corrected chi connectivity index (χ2v) is 8.51. The summed E-state index contributed by atoms with van der Waals surface area (Å²) < 4.78 is 0. The number of hydrogen-bond acceptors (Lipinski definition) is 0. The van der Waals surface area contributed by atoms with E-state index in [0.717, 1.165) is 0 Å². The Kier molecular flexibility index (Phi) is 3.66. The summed E-state index contributed by atoms with van der Waals surface area (Å²) in [5.74, 6) is 0. The summed E-state index contributed by atoms with van der Waals surface area (Å²) in [5.41, 5.74) is 2.81. The zero-order chi connectivity index (χ0) is 16.7. The van der Waals surface area contributed by atoms with E-state index in [9.17, 15) is 0 Å². The largest absolute Gasteiger partial charge is 0.0630 e. The lowest BCUT2D eigenvalue weighted by Gasteiger charge is -2.21. The molecule has 0 amide bonds. The molecule has 0 N–H and O–H groups in total. The molecule has 0 saturated heterocycles. The molecular formula is C23H21P. The number of hydrogen-bond donors (Lipinski definition) is 0. The Bertz CT molecular complexity index is 1020. The average Bonchev–Trinajstić information content (AvgIpc) is 2.60. The first-order valence-corrected chi connectivity index (χ1v) is 9.32. The van der Waals surface area contributed by atoms with Crippen molar-refractivity contribution in [2.75, 3.05) is 0 Å². The van der Waals surface area contributed by atoms with Gasteiger partial charge in [0, 0.05) is 5.12 Å². The smallest absolute Gasteiger partial charge is 0.0178 e. The van der Waals surface area contributed by atoms with Gasteiger partial charge in [0.05, 0.1) is 0 Å². The van der Waals surface area contributed by atoms with E-state index in [1.165, 1.54) is 45.9 Å². The van der Waals surface area contributed by atoms with Crippen molar-refractivity contribution in [3.63, 3.8) is 0 Å². The van der Waals surface area contributed by atoms with Crippen LogP contribution in [0.5, 0.6) is 0 Å². The predicted octanol–water partition coefficient (Wildman–Crippen LogP) is 7.54. The van der Waals surface area contributed by atoms with Gasteiger partial charge >= 0.3 is 0 Å². The van der Waals surface area contributed by atoms with Crippen molar-refractivity contribution in [3.8, 4) is 11.1 Å². The molecule has 0 fully saturated rings. The van der Waals surface area contributed by atoms with Gasteiger partial charge in [-0.25, -0.2) is 0 Å². The normalized spacial score (nSPS) is 12.3. The van der Waals surface area contributed by atoms with Crippen LogP contribution in [-0.4, -0.2) is 0 Å². The van der Waals surface area contributed by atoms with Gasteiger partial charge in [-0.1, -0.05) is 95.7 Å². The van der Waals surface area contributed by atoms with E-state index in [1.54, 1.807) is 0 Å². The van der Waals surface area contributed by atoms with Crippen molar-refractivity contribution in [1.82, 2.24) is 0 Å². The van der Waals surface area contributed by atoms with Gasteiger partial charge < -0.3 is 0 Å². The Morgan fingerprint density at radius 3 is 2.17 bits per heavy atom. The van der Waals surface area contributed by atoms with Crippen molar-refractivity contribution in [2.45, 2.75) is 26.2 Å². The molecule has 24 heavy (non-hydrogen) atoms. The van der Waals surface area contributed by atoms with E-state index in [4.69, 9.17) is 0 Å². The molecule has 0 radical (unpaired) electrons. The van der Waals surface area contributed by atoms with Crippen molar-refractivity contribution in [2.24, 2.45) is 0 Å². The minimum atomic E-state index is 0.163. The van der Waals surface area contributed by atoms with E-state index >= 15 is 0 Å². The third-order valence-corrected chi connectivity index (χ3v) is 6.30. The van der Waals surface area contributed by atoms with Gasteiger partial charge in [-0.2, -0.15) is 0 Å². The zero-order valence-corrected chi connectivity index (χ0v) is 15.3. The van der Waals surface area contributed by atoms with Crippen molar-refractivity contribution in [3.05, 3.63) is 78.1 Å². The zero-order valence-electron chi connectivity index (χ0n) is 14.4. The fraction of sp³-hybridized carbons (Fsp3) is 0.174. The van der Waals surface area contributed by atoms with Gasteiger partial charge in [0.1, 0.15) is 0 Å². The molecule has 0 atom stereocenters. The molecule has 0 aliphatic heterocycles. The lowest BCUT2D eigenvalue weighted by atomic mass is 9.91. The second-order valence-electron chi connectivity index (χ2n) is 7.35. The second kappa shape index (κ2) is 5.72. The van der Waals surface area contributed by atoms with Crippen LogP contribution >= 0.6 is 8.19 Å². The maximum absolute atomic E-state index is 2.41. The fourth-order valence-corrected chi connectivity index (χ4v) is 4.61. The van der Waals surface area contributed by atoms with Crippen molar-refractivity contribution >= 4 is 29.5 Å². The summed E-state index contributed by atoms with van der Waals surface area (Å²) >= 11 is 0. The minimum Gasteiger partial charge on any atom is -0.0630 e. The van der Waals surface area contributed by atoms with Crippen LogP contribution in [0.4, 0.5) is 0 Å². The maximum atomic E-state index is 2.41. The van der Waals surface area contributed by atoms with E-state index in [0.29, 0.717) is 0 Å². The van der Waals surface area contributed by atoms with Gasteiger partial charge in [0.2, 0.25) is 0 Å². The summed E-state index contributed by atoms with van der Waals surface area (Å²) in [6, 6.07) is 26.5. The Morgan fingerprint density at radius 1 is 0.708 bits per heavy atom. The highest BCUT2D eigenvalue weighted by Crippen LogP contribution is 2.43. The predicted molar refractivity (Wildman–Crippen MR) is 108 cm³/mol. The standard InChI is InChI=1S/C23H21P/c1-23(2,3)21-15-20(16-9-5-4-6-10-16)19-14-13-17-11-7-8-12-18(17)22(19)24-21/h4-15H,1-3H3. The van der Waals surface area contributed by atoms with Gasteiger partial charge in [-0.3, -0.25) is 0 Å². The van der Waals surface area contributed by atoms with Crippen LogP contribution < -0.4 is 0 Å². The number of fused-ring (bicyclic) bond motifs is 3. The highest BCUT2D eigenvalue weighted by molar-refractivity contribution is 7.38. The first kappa shape index (κ1) is 15.4. The summed E-state index contributed by atoms with van der Waals surface area (Å²) in [6.07, 6.45) is 0. The van der Waals surface area contributed by atoms with Crippen molar-refractivity contribution in [1.29, 1.82) is 0 Å². The molecule has 4 aromatic rings. The summed E-state index contributed by atoms with van der Waals surface area (Å²) in [7, 11) is 1.34. The molecule has 3 aromatic carbocycles. The third kappa shape index (κ3) is 2.62. The molecule has 0 aliphatic carbocycles. The highest BCUT2D eigenvalue weighted by Gasteiger charge is 2.18. The first-order valence-electron chi connectivity index (χ1n) is 8.42. The topological polar surface area (TPSA) is 0 Å². The van der Waals surface area contributed by atoms with Crippen LogP contribution in [0.2, 0.25) is 0 Å². The molecular weight excluding hydrogens is 307 g/mol. The Hall–Kier alpha value is -2.17. The molecule has 1 heterocycles. The number of rotatable bonds is 1. The first-order chi connectivity index (χ1) is 11.5. The Morgan fingerprint density at radius 2 is 1.42 bits per heavy atom. The fourth-order valence-electron chi connectivity index (χ4n) is 3.20. The molecule has 0 bridgehead atoms. The van der Waals surface area contributed by atoms with Gasteiger partial charge in [-0.15, -0.1) is 0 Å². The van der Waals surface area contributed by atoms with Crippen LogP contribution in [-0.2, 0) is 5.41 Å².